The van der Waals surface area contributed by atoms with Gasteiger partial charge in [0.1, 0.15) is 6.33 Å². The fourth-order valence-corrected chi connectivity index (χ4v) is 2.61. The molecule has 7 nitrogen and oxygen atoms in total. The van der Waals surface area contributed by atoms with Crippen molar-refractivity contribution < 1.29 is 9.47 Å². The molecule has 0 radical (unpaired) electrons. The summed E-state index contributed by atoms with van der Waals surface area (Å²) < 4.78 is 12.8. The predicted molar refractivity (Wildman–Crippen MR) is 74.5 cm³/mol. The zero-order valence-corrected chi connectivity index (χ0v) is 11.6. The van der Waals surface area contributed by atoms with Gasteiger partial charge in [-0.2, -0.15) is 4.98 Å². The summed E-state index contributed by atoms with van der Waals surface area (Å²) in [6, 6.07) is 0. The smallest absolute Gasteiger partial charge is 0.245 e. The van der Waals surface area contributed by atoms with Crippen LogP contribution < -0.4 is 10.5 Å². The molecule has 0 spiro atoms. The minimum atomic E-state index is 0.310. The van der Waals surface area contributed by atoms with E-state index in [1.54, 1.807) is 7.11 Å². The zero-order valence-electron chi connectivity index (χ0n) is 11.6. The molecule has 0 aromatic carbocycles. The molecule has 0 amide bonds. The van der Waals surface area contributed by atoms with Gasteiger partial charge in [0.25, 0.3) is 0 Å². The molecule has 1 saturated heterocycles. The normalized spacial score (nSPS) is 19.4. The fourth-order valence-electron chi connectivity index (χ4n) is 2.61. The van der Waals surface area contributed by atoms with Crippen molar-refractivity contribution in [3.8, 4) is 5.88 Å². The van der Waals surface area contributed by atoms with Gasteiger partial charge in [-0.25, -0.2) is 9.97 Å². The highest BCUT2D eigenvalue weighted by molar-refractivity contribution is 5.78. The number of imidazole rings is 1. The first kappa shape index (κ1) is 13.1. The average molecular weight is 277 g/mol. The summed E-state index contributed by atoms with van der Waals surface area (Å²) in [4.78, 5) is 12.6. The molecule has 1 atom stereocenters. The van der Waals surface area contributed by atoms with Gasteiger partial charge in [-0.05, 0) is 25.7 Å². The first-order valence-corrected chi connectivity index (χ1v) is 6.92. The van der Waals surface area contributed by atoms with E-state index in [9.17, 15) is 0 Å². The molecule has 1 aliphatic heterocycles. The molecule has 108 valence electrons. The van der Waals surface area contributed by atoms with Gasteiger partial charge in [-0.1, -0.05) is 0 Å². The number of methoxy groups -OCH3 is 1. The van der Waals surface area contributed by atoms with Gasteiger partial charge in [-0.15, -0.1) is 0 Å². The van der Waals surface area contributed by atoms with E-state index < -0.39 is 0 Å². The topological polar surface area (TPSA) is 88.1 Å². The molecule has 0 aliphatic carbocycles. The molecule has 20 heavy (non-hydrogen) atoms. The number of aromatic nitrogens is 4. The Bertz CT molecular complexity index is 592. The van der Waals surface area contributed by atoms with Crippen molar-refractivity contribution in [3.05, 3.63) is 6.33 Å². The van der Waals surface area contributed by atoms with Crippen LogP contribution in [-0.2, 0) is 11.3 Å². The van der Waals surface area contributed by atoms with Crippen LogP contribution in [0.1, 0.15) is 25.7 Å². The van der Waals surface area contributed by atoms with Crippen LogP contribution in [0.15, 0.2) is 6.33 Å². The maximum atomic E-state index is 5.98. The first-order valence-electron chi connectivity index (χ1n) is 6.92. The van der Waals surface area contributed by atoms with Gasteiger partial charge in [-0.3, -0.25) is 4.57 Å². The Kier molecular flexibility index (Phi) is 3.68. The van der Waals surface area contributed by atoms with E-state index in [0.717, 1.165) is 32.4 Å². The summed E-state index contributed by atoms with van der Waals surface area (Å²) >= 11 is 0. The Labute approximate surface area is 117 Å². The lowest BCUT2D eigenvalue weighted by atomic mass is 10.1. The van der Waals surface area contributed by atoms with Crippen LogP contribution >= 0.6 is 0 Å². The van der Waals surface area contributed by atoms with Crippen molar-refractivity contribution in [2.24, 2.45) is 0 Å². The summed E-state index contributed by atoms with van der Waals surface area (Å²) in [7, 11) is 1.56. The van der Waals surface area contributed by atoms with E-state index >= 15 is 0 Å². The van der Waals surface area contributed by atoms with E-state index in [0.29, 0.717) is 29.1 Å². The van der Waals surface area contributed by atoms with Gasteiger partial charge >= 0.3 is 0 Å². The second-order valence-electron chi connectivity index (χ2n) is 4.95. The molecule has 3 heterocycles. The van der Waals surface area contributed by atoms with Gasteiger partial charge in [0.2, 0.25) is 11.8 Å². The largest absolute Gasteiger partial charge is 0.479 e. The minimum absolute atomic E-state index is 0.310. The highest BCUT2D eigenvalue weighted by atomic mass is 16.5. The van der Waals surface area contributed by atoms with Crippen LogP contribution in [0.2, 0.25) is 0 Å². The molecule has 2 N–H and O–H groups in total. The van der Waals surface area contributed by atoms with Gasteiger partial charge < -0.3 is 15.2 Å². The van der Waals surface area contributed by atoms with Crippen LogP contribution in [0.25, 0.3) is 11.2 Å². The molecule has 0 bridgehead atoms. The van der Waals surface area contributed by atoms with Gasteiger partial charge in [0, 0.05) is 13.2 Å². The van der Waals surface area contributed by atoms with Crippen molar-refractivity contribution in [1.82, 2.24) is 19.5 Å². The number of nitrogens with zero attached hydrogens (tertiary/aromatic N) is 4. The van der Waals surface area contributed by atoms with Crippen molar-refractivity contribution in [2.75, 3.05) is 19.5 Å². The highest BCUT2D eigenvalue weighted by Crippen LogP contribution is 2.24. The molecule has 3 rings (SSSR count). The average Bonchev–Trinajstić information content (AvgIpc) is 2.81. The number of nitrogens with two attached hydrogens (primary N) is 1. The summed E-state index contributed by atoms with van der Waals surface area (Å²) in [6.07, 6.45) is 6.21. The molecule has 2 aromatic heterocycles. The van der Waals surface area contributed by atoms with Crippen LogP contribution in [0.3, 0.4) is 0 Å². The number of rotatable bonds is 4. The van der Waals surface area contributed by atoms with Crippen molar-refractivity contribution in [3.63, 3.8) is 0 Å². The quantitative estimate of drug-likeness (QED) is 0.908. The van der Waals surface area contributed by atoms with E-state index in [1.165, 1.54) is 12.7 Å². The van der Waals surface area contributed by atoms with Crippen LogP contribution in [-0.4, -0.2) is 39.3 Å². The van der Waals surface area contributed by atoms with Crippen LogP contribution in [0, 0.1) is 0 Å². The van der Waals surface area contributed by atoms with E-state index in [4.69, 9.17) is 15.2 Å². The molecule has 1 fully saturated rings. The predicted octanol–water partition coefficient (Wildman–Crippen LogP) is 1.38. The Balaban J connectivity index is 1.82. The zero-order chi connectivity index (χ0) is 13.9. The van der Waals surface area contributed by atoms with E-state index in [-0.39, 0.29) is 0 Å². The molecule has 2 aromatic rings. The molecular weight excluding hydrogens is 258 g/mol. The molecule has 0 saturated carbocycles. The number of aryl methyl sites for hydroxylation is 1. The Morgan fingerprint density at radius 1 is 1.45 bits per heavy atom. The van der Waals surface area contributed by atoms with E-state index in [1.807, 2.05) is 4.57 Å². The summed E-state index contributed by atoms with van der Waals surface area (Å²) in [6.45, 7) is 1.61. The van der Waals surface area contributed by atoms with Gasteiger partial charge in [0.05, 0.1) is 13.2 Å². The maximum Gasteiger partial charge on any atom is 0.245 e. The number of ether oxygens (including phenoxy) is 2. The number of nitrogen functional groups attached to an aromatic ring is 1. The molecule has 1 unspecified atom stereocenters. The second kappa shape index (κ2) is 5.62. The molecule has 7 heteroatoms. The van der Waals surface area contributed by atoms with Crippen molar-refractivity contribution in [1.29, 1.82) is 0 Å². The lowest BCUT2D eigenvalue weighted by Crippen LogP contribution is -2.21. The summed E-state index contributed by atoms with van der Waals surface area (Å²) in [5.74, 6) is 0.893. The minimum Gasteiger partial charge on any atom is -0.479 e. The van der Waals surface area contributed by atoms with Crippen molar-refractivity contribution in [2.45, 2.75) is 38.3 Å². The van der Waals surface area contributed by atoms with Crippen LogP contribution in [0.5, 0.6) is 5.88 Å². The Morgan fingerprint density at radius 3 is 3.10 bits per heavy atom. The lowest BCUT2D eigenvalue weighted by Gasteiger charge is -2.22. The van der Waals surface area contributed by atoms with E-state index in [2.05, 4.69) is 15.0 Å². The summed E-state index contributed by atoms with van der Waals surface area (Å²) in [5.41, 5.74) is 7.30. The third-order valence-electron chi connectivity index (χ3n) is 3.67. The maximum absolute atomic E-state index is 5.98. The number of fused-ring (bicyclic) bond motifs is 1. The fraction of sp³-hybridized carbons (Fsp3) is 0.615. The summed E-state index contributed by atoms with van der Waals surface area (Å²) in [5, 5.41) is 0. The van der Waals surface area contributed by atoms with Gasteiger partial charge in [0.15, 0.2) is 11.2 Å². The highest BCUT2D eigenvalue weighted by Gasteiger charge is 2.18. The monoisotopic (exact) mass is 277 g/mol. The molecule has 1 aliphatic rings. The number of anilines is 1. The number of hydrogen-bond donors (Lipinski definition) is 1. The third kappa shape index (κ3) is 2.40. The van der Waals surface area contributed by atoms with Crippen LogP contribution in [0.4, 0.5) is 5.95 Å². The Morgan fingerprint density at radius 2 is 2.35 bits per heavy atom. The van der Waals surface area contributed by atoms with Crippen molar-refractivity contribution >= 4 is 17.1 Å². The number of hydrogen-bond acceptors (Lipinski definition) is 6. The first-order chi connectivity index (χ1) is 9.79. The standard InChI is InChI=1S/C13H19N5O2/c1-19-12-10-11(15-8-16-12)18(13(14)17-10)6-5-9-4-2-3-7-20-9/h8-9H,2-7H2,1H3,(H2,14,17). The second-order valence-corrected chi connectivity index (χ2v) is 4.95. The SMILES string of the molecule is COc1ncnc2c1nc(N)n2CCC1CCCCO1. The Hall–Kier alpha value is -1.89. The lowest BCUT2D eigenvalue weighted by molar-refractivity contribution is 0.00904. The third-order valence-corrected chi connectivity index (χ3v) is 3.67. The molecular formula is C13H19N5O2.